The van der Waals surface area contributed by atoms with Crippen LogP contribution in [0.5, 0.6) is 0 Å². The van der Waals surface area contributed by atoms with Gasteiger partial charge in [0.2, 0.25) is 0 Å². The highest BCUT2D eigenvalue weighted by atomic mass is 15.1. The summed E-state index contributed by atoms with van der Waals surface area (Å²) in [5.74, 6) is 0.717. The van der Waals surface area contributed by atoms with Crippen molar-refractivity contribution in [2.24, 2.45) is 5.92 Å². The van der Waals surface area contributed by atoms with Gasteiger partial charge in [-0.05, 0) is 45.9 Å². The van der Waals surface area contributed by atoms with Crippen LogP contribution >= 0.6 is 0 Å². The molecule has 0 radical (unpaired) electrons. The summed E-state index contributed by atoms with van der Waals surface area (Å²) >= 11 is 0. The highest BCUT2D eigenvalue weighted by Crippen LogP contribution is 2.08. The number of likely N-dealkylation sites (N-methyl/N-ethyl adjacent to an activating group) is 1. The number of rotatable bonds is 5. The summed E-state index contributed by atoms with van der Waals surface area (Å²) in [5, 5.41) is 7.10. The second kappa shape index (κ2) is 6.46. The van der Waals surface area contributed by atoms with Gasteiger partial charge in [0.1, 0.15) is 0 Å². The van der Waals surface area contributed by atoms with Gasteiger partial charge >= 0.3 is 0 Å². The highest BCUT2D eigenvalue weighted by molar-refractivity contribution is 4.79. The van der Waals surface area contributed by atoms with Gasteiger partial charge in [0.25, 0.3) is 0 Å². The Kier molecular flexibility index (Phi) is 5.58. The minimum Gasteiger partial charge on any atom is -0.317 e. The van der Waals surface area contributed by atoms with Crippen LogP contribution in [0, 0.1) is 5.92 Å². The van der Waals surface area contributed by atoms with E-state index in [0.29, 0.717) is 12.0 Å². The maximum Gasteiger partial charge on any atom is 0.0237 e. The molecule has 0 aromatic carbocycles. The van der Waals surface area contributed by atoms with Gasteiger partial charge in [-0.2, -0.15) is 0 Å². The first-order valence-electron chi connectivity index (χ1n) is 6.21. The van der Waals surface area contributed by atoms with Crippen LogP contribution in [-0.4, -0.2) is 50.7 Å². The van der Waals surface area contributed by atoms with Crippen LogP contribution in [-0.2, 0) is 0 Å². The lowest BCUT2D eigenvalue weighted by Gasteiger charge is -2.31. The van der Waals surface area contributed by atoms with Gasteiger partial charge < -0.3 is 15.5 Å². The van der Waals surface area contributed by atoms with Gasteiger partial charge in [-0.3, -0.25) is 0 Å². The molecule has 0 aromatic heterocycles. The molecule has 1 rings (SSSR count). The first-order valence-corrected chi connectivity index (χ1v) is 6.21. The van der Waals surface area contributed by atoms with Crippen molar-refractivity contribution in [3.8, 4) is 0 Å². The molecule has 1 fully saturated rings. The van der Waals surface area contributed by atoms with E-state index in [9.17, 15) is 0 Å². The molecule has 15 heavy (non-hydrogen) atoms. The van der Waals surface area contributed by atoms with Crippen molar-refractivity contribution in [3.05, 3.63) is 0 Å². The molecule has 90 valence electrons. The lowest BCUT2D eigenvalue weighted by Crippen LogP contribution is -2.47. The van der Waals surface area contributed by atoms with E-state index in [0.717, 1.165) is 12.6 Å². The molecule has 1 aliphatic rings. The van der Waals surface area contributed by atoms with Crippen LogP contribution < -0.4 is 10.6 Å². The maximum atomic E-state index is 3.70. The van der Waals surface area contributed by atoms with Gasteiger partial charge in [-0.25, -0.2) is 0 Å². The van der Waals surface area contributed by atoms with Gasteiger partial charge in [0.05, 0.1) is 0 Å². The van der Waals surface area contributed by atoms with E-state index < -0.39 is 0 Å². The largest absolute Gasteiger partial charge is 0.317 e. The molecule has 1 saturated heterocycles. The van der Waals surface area contributed by atoms with Crippen molar-refractivity contribution in [1.82, 2.24) is 15.5 Å². The average molecular weight is 213 g/mol. The summed E-state index contributed by atoms with van der Waals surface area (Å²) in [6, 6.07) is 1.38. The highest BCUT2D eigenvalue weighted by Gasteiger charge is 2.18. The van der Waals surface area contributed by atoms with Crippen molar-refractivity contribution in [1.29, 1.82) is 0 Å². The monoisotopic (exact) mass is 213 g/mol. The van der Waals surface area contributed by atoms with E-state index in [2.05, 4.69) is 43.5 Å². The fraction of sp³-hybridized carbons (Fsp3) is 1.00. The zero-order valence-corrected chi connectivity index (χ0v) is 10.7. The maximum absolute atomic E-state index is 3.70. The second-order valence-corrected chi connectivity index (χ2v) is 5.21. The summed E-state index contributed by atoms with van der Waals surface area (Å²) in [4.78, 5) is 2.33. The molecule has 0 spiro atoms. The summed E-state index contributed by atoms with van der Waals surface area (Å²) in [5.41, 5.74) is 0. The SMILES string of the molecule is CC(C)C(CNC1CCNCC1)N(C)C. The van der Waals surface area contributed by atoms with E-state index in [-0.39, 0.29) is 0 Å². The van der Waals surface area contributed by atoms with Crippen molar-refractivity contribution in [3.63, 3.8) is 0 Å². The molecule has 0 aliphatic carbocycles. The van der Waals surface area contributed by atoms with Crippen LogP contribution in [0.3, 0.4) is 0 Å². The fourth-order valence-electron chi connectivity index (χ4n) is 2.33. The minimum atomic E-state index is 0.653. The Labute approximate surface area is 94.6 Å². The molecule has 0 amide bonds. The summed E-state index contributed by atoms with van der Waals surface area (Å²) in [6.45, 7) is 8.07. The minimum absolute atomic E-state index is 0.653. The third kappa shape index (κ3) is 4.49. The number of piperidine rings is 1. The Morgan fingerprint density at radius 3 is 2.33 bits per heavy atom. The lowest BCUT2D eigenvalue weighted by atomic mass is 10.0. The number of hydrogen-bond donors (Lipinski definition) is 2. The number of hydrogen-bond acceptors (Lipinski definition) is 3. The van der Waals surface area contributed by atoms with Crippen LogP contribution in [0.2, 0.25) is 0 Å². The summed E-state index contributed by atoms with van der Waals surface area (Å²) in [7, 11) is 4.35. The van der Waals surface area contributed by atoms with Crippen molar-refractivity contribution < 1.29 is 0 Å². The molecule has 1 aliphatic heterocycles. The topological polar surface area (TPSA) is 27.3 Å². The third-order valence-corrected chi connectivity index (χ3v) is 3.39. The van der Waals surface area contributed by atoms with Gasteiger partial charge in [-0.15, -0.1) is 0 Å². The quantitative estimate of drug-likeness (QED) is 0.711. The van der Waals surface area contributed by atoms with Gasteiger partial charge in [0.15, 0.2) is 0 Å². The molecule has 1 heterocycles. The van der Waals surface area contributed by atoms with Gasteiger partial charge in [-0.1, -0.05) is 13.8 Å². The molecular formula is C12H27N3. The van der Waals surface area contributed by atoms with Crippen LogP contribution in [0.25, 0.3) is 0 Å². The van der Waals surface area contributed by atoms with Crippen molar-refractivity contribution in [2.75, 3.05) is 33.7 Å². The van der Waals surface area contributed by atoms with E-state index in [1.54, 1.807) is 0 Å². The molecule has 3 heteroatoms. The first kappa shape index (κ1) is 12.9. The van der Waals surface area contributed by atoms with Crippen molar-refractivity contribution in [2.45, 2.75) is 38.8 Å². The standard InChI is InChI=1S/C12H27N3/c1-10(2)12(15(3)4)9-14-11-5-7-13-8-6-11/h10-14H,5-9H2,1-4H3. The second-order valence-electron chi connectivity index (χ2n) is 5.21. The Hall–Kier alpha value is -0.120. The number of nitrogens with one attached hydrogen (secondary N) is 2. The van der Waals surface area contributed by atoms with Gasteiger partial charge in [0, 0.05) is 18.6 Å². The Morgan fingerprint density at radius 2 is 1.87 bits per heavy atom. The normalized spacial score (nSPS) is 21.2. The smallest absolute Gasteiger partial charge is 0.0237 e. The predicted octanol–water partition coefficient (Wildman–Crippen LogP) is 0.914. The third-order valence-electron chi connectivity index (χ3n) is 3.39. The molecule has 1 atom stereocenters. The lowest BCUT2D eigenvalue weighted by molar-refractivity contribution is 0.213. The Morgan fingerprint density at radius 1 is 1.27 bits per heavy atom. The Bertz CT molecular complexity index is 154. The van der Waals surface area contributed by atoms with E-state index in [1.165, 1.54) is 25.9 Å². The predicted molar refractivity (Wildman–Crippen MR) is 66.2 cm³/mol. The fourth-order valence-corrected chi connectivity index (χ4v) is 2.33. The molecule has 2 N–H and O–H groups in total. The molecule has 0 aromatic rings. The molecule has 0 bridgehead atoms. The van der Waals surface area contributed by atoms with E-state index in [4.69, 9.17) is 0 Å². The average Bonchev–Trinajstić information content (AvgIpc) is 2.18. The zero-order chi connectivity index (χ0) is 11.3. The summed E-state index contributed by atoms with van der Waals surface area (Å²) < 4.78 is 0. The number of nitrogens with zero attached hydrogens (tertiary/aromatic N) is 1. The van der Waals surface area contributed by atoms with Crippen molar-refractivity contribution >= 4 is 0 Å². The van der Waals surface area contributed by atoms with E-state index in [1.807, 2.05) is 0 Å². The van der Waals surface area contributed by atoms with E-state index >= 15 is 0 Å². The van der Waals surface area contributed by atoms with Crippen LogP contribution in [0.15, 0.2) is 0 Å². The molecule has 3 nitrogen and oxygen atoms in total. The zero-order valence-electron chi connectivity index (χ0n) is 10.7. The molecule has 1 unspecified atom stereocenters. The first-order chi connectivity index (χ1) is 7.11. The molecule has 0 saturated carbocycles. The molecular weight excluding hydrogens is 186 g/mol. The Balaban J connectivity index is 2.26. The summed E-state index contributed by atoms with van der Waals surface area (Å²) in [6.07, 6.45) is 2.55. The van der Waals surface area contributed by atoms with Crippen LogP contribution in [0.1, 0.15) is 26.7 Å². The van der Waals surface area contributed by atoms with Crippen LogP contribution in [0.4, 0.5) is 0 Å².